The molecule has 100 valence electrons. The summed E-state index contributed by atoms with van der Waals surface area (Å²) in [6.45, 7) is 4.27. The number of carbonyl (C=O) groups excluding carboxylic acids is 1. The molecule has 1 saturated heterocycles. The second kappa shape index (κ2) is 6.02. The first-order chi connectivity index (χ1) is 8.70. The van der Waals surface area contributed by atoms with Crippen LogP contribution in [0.4, 0.5) is 0 Å². The van der Waals surface area contributed by atoms with Crippen LogP contribution in [-0.4, -0.2) is 43.0 Å². The molecule has 2 rings (SSSR count). The molecule has 0 saturated carbocycles. The normalized spacial score (nSPS) is 25.8. The van der Waals surface area contributed by atoms with Gasteiger partial charge in [0.15, 0.2) is 0 Å². The van der Waals surface area contributed by atoms with Crippen molar-refractivity contribution in [2.75, 3.05) is 20.1 Å². The van der Waals surface area contributed by atoms with Gasteiger partial charge in [-0.2, -0.15) is 0 Å². The molecule has 0 bridgehead atoms. The van der Waals surface area contributed by atoms with E-state index in [4.69, 9.17) is 4.42 Å². The SMILES string of the molecule is CNCC1C(=O)NC(C)CCN1Cc1ccco1. The van der Waals surface area contributed by atoms with Gasteiger partial charge in [0.05, 0.1) is 12.8 Å². The number of furan rings is 1. The lowest BCUT2D eigenvalue weighted by Crippen LogP contribution is -2.49. The van der Waals surface area contributed by atoms with Crippen molar-refractivity contribution in [3.8, 4) is 0 Å². The zero-order chi connectivity index (χ0) is 13.0. The zero-order valence-electron chi connectivity index (χ0n) is 11.0. The summed E-state index contributed by atoms with van der Waals surface area (Å²) in [5.41, 5.74) is 0. The van der Waals surface area contributed by atoms with Crippen LogP contribution < -0.4 is 10.6 Å². The highest BCUT2D eigenvalue weighted by molar-refractivity contribution is 5.82. The van der Waals surface area contributed by atoms with E-state index in [1.807, 2.05) is 26.1 Å². The van der Waals surface area contributed by atoms with Crippen LogP contribution in [0.5, 0.6) is 0 Å². The Morgan fingerprint density at radius 2 is 2.44 bits per heavy atom. The molecule has 1 fully saturated rings. The number of carbonyl (C=O) groups is 1. The average Bonchev–Trinajstić information content (AvgIpc) is 2.80. The predicted molar refractivity (Wildman–Crippen MR) is 69.1 cm³/mol. The number of rotatable bonds is 4. The Kier molecular flexibility index (Phi) is 4.38. The molecule has 0 aliphatic carbocycles. The smallest absolute Gasteiger partial charge is 0.238 e. The second-order valence-corrected chi connectivity index (χ2v) is 4.82. The molecule has 5 heteroatoms. The van der Waals surface area contributed by atoms with Crippen LogP contribution in [0.15, 0.2) is 22.8 Å². The molecule has 0 radical (unpaired) electrons. The lowest BCUT2D eigenvalue weighted by Gasteiger charge is -2.27. The molecular formula is C13H21N3O2. The minimum Gasteiger partial charge on any atom is -0.468 e. The van der Waals surface area contributed by atoms with Gasteiger partial charge in [0.1, 0.15) is 11.8 Å². The van der Waals surface area contributed by atoms with E-state index in [0.29, 0.717) is 13.1 Å². The summed E-state index contributed by atoms with van der Waals surface area (Å²) in [5.74, 6) is 0.999. The molecule has 1 amide bonds. The molecule has 2 heterocycles. The quantitative estimate of drug-likeness (QED) is 0.822. The third-order valence-corrected chi connectivity index (χ3v) is 3.32. The highest BCUT2D eigenvalue weighted by Gasteiger charge is 2.30. The van der Waals surface area contributed by atoms with Crippen LogP contribution in [0, 0.1) is 0 Å². The van der Waals surface area contributed by atoms with Gasteiger partial charge in [-0.25, -0.2) is 0 Å². The van der Waals surface area contributed by atoms with E-state index in [-0.39, 0.29) is 18.0 Å². The highest BCUT2D eigenvalue weighted by atomic mass is 16.3. The van der Waals surface area contributed by atoms with Crippen LogP contribution in [-0.2, 0) is 11.3 Å². The molecule has 2 N–H and O–H groups in total. The summed E-state index contributed by atoms with van der Waals surface area (Å²) < 4.78 is 5.37. The largest absolute Gasteiger partial charge is 0.468 e. The first-order valence-corrected chi connectivity index (χ1v) is 6.42. The molecule has 1 aromatic heterocycles. The fourth-order valence-electron chi connectivity index (χ4n) is 2.30. The minimum atomic E-state index is -0.134. The lowest BCUT2D eigenvalue weighted by atomic mass is 10.2. The molecule has 1 aromatic rings. The third kappa shape index (κ3) is 3.11. The van der Waals surface area contributed by atoms with Gasteiger partial charge in [-0.1, -0.05) is 0 Å². The Bertz CT molecular complexity index is 378. The maximum Gasteiger partial charge on any atom is 0.238 e. The maximum atomic E-state index is 12.1. The van der Waals surface area contributed by atoms with E-state index in [0.717, 1.165) is 18.7 Å². The first kappa shape index (κ1) is 13.1. The molecule has 2 unspecified atom stereocenters. The average molecular weight is 251 g/mol. The Morgan fingerprint density at radius 1 is 1.61 bits per heavy atom. The van der Waals surface area contributed by atoms with Gasteiger partial charge >= 0.3 is 0 Å². The fourth-order valence-corrected chi connectivity index (χ4v) is 2.30. The van der Waals surface area contributed by atoms with E-state index < -0.39 is 0 Å². The van der Waals surface area contributed by atoms with Gasteiger partial charge in [0.2, 0.25) is 5.91 Å². The Hall–Kier alpha value is -1.33. The second-order valence-electron chi connectivity index (χ2n) is 4.82. The minimum absolute atomic E-state index is 0.0981. The summed E-state index contributed by atoms with van der Waals surface area (Å²) in [4.78, 5) is 14.3. The van der Waals surface area contributed by atoms with E-state index in [9.17, 15) is 4.79 Å². The number of hydrogen-bond donors (Lipinski definition) is 2. The molecule has 0 aromatic carbocycles. The molecule has 2 atom stereocenters. The number of amides is 1. The van der Waals surface area contributed by atoms with E-state index in [1.54, 1.807) is 6.26 Å². The van der Waals surface area contributed by atoms with Crippen molar-refractivity contribution in [1.29, 1.82) is 0 Å². The van der Waals surface area contributed by atoms with Crippen molar-refractivity contribution < 1.29 is 9.21 Å². The molecule has 1 aliphatic heterocycles. The monoisotopic (exact) mass is 251 g/mol. The molecule has 5 nitrogen and oxygen atoms in total. The van der Waals surface area contributed by atoms with Crippen molar-refractivity contribution in [2.24, 2.45) is 0 Å². The number of hydrogen-bond acceptors (Lipinski definition) is 4. The molecular weight excluding hydrogens is 230 g/mol. The number of likely N-dealkylation sites (N-methyl/N-ethyl adjacent to an activating group) is 1. The van der Waals surface area contributed by atoms with Crippen LogP contribution in [0.25, 0.3) is 0 Å². The van der Waals surface area contributed by atoms with Gasteiger partial charge in [-0.3, -0.25) is 9.69 Å². The summed E-state index contributed by atoms with van der Waals surface area (Å²) in [6, 6.07) is 3.93. The topological polar surface area (TPSA) is 57.5 Å². The first-order valence-electron chi connectivity index (χ1n) is 6.42. The van der Waals surface area contributed by atoms with E-state index in [2.05, 4.69) is 15.5 Å². The van der Waals surface area contributed by atoms with Crippen LogP contribution in [0.3, 0.4) is 0 Å². The molecule has 0 spiro atoms. The maximum absolute atomic E-state index is 12.1. The number of nitrogens with one attached hydrogen (secondary N) is 2. The predicted octanol–water partition coefficient (Wildman–Crippen LogP) is 0.578. The Labute approximate surface area is 108 Å². The van der Waals surface area contributed by atoms with Gasteiger partial charge in [-0.15, -0.1) is 0 Å². The Morgan fingerprint density at radius 3 is 3.11 bits per heavy atom. The Balaban J connectivity index is 2.10. The van der Waals surface area contributed by atoms with Gasteiger partial charge in [0, 0.05) is 19.1 Å². The van der Waals surface area contributed by atoms with Crippen molar-refractivity contribution in [3.63, 3.8) is 0 Å². The van der Waals surface area contributed by atoms with Crippen LogP contribution in [0.2, 0.25) is 0 Å². The standard InChI is InChI=1S/C13H21N3O2/c1-10-5-6-16(9-11-4-3-7-18-11)12(8-14-2)13(17)15-10/h3-4,7,10,12,14H,5-6,8-9H2,1-2H3,(H,15,17). The van der Waals surface area contributed by atoms with Crippen molar-refractivity contribution in [1.82, 2.24) is 15.5 Å². The van der Waals surface area contributed by atoms with Gasteiger partial charge in [0.25, 0.3) is 0 Å². The third-order valence-electron chi connectivity index (χ3n) is 3.32. The van der Waals surface area contributed by atoms with E-state index >= 15 is 0 Å². The summed E-state index contributed by atoms with van der Waals surface area (Å²) in [6.07, 6.45) is 2.63. The molecule has 18 heavy (non-hydrogen) atoms. The fraction of sp³-hybridized carbons (Fsp3) is 0.615. The summed E-state index contributed by atoms with van der Waals surface area (Å²) >= 11 is 0. The van der Waals surface area contributed by atoms with Crippen molar-refractivity contribution in [3.05, 3.63) is 24.2 Å². The zero-order valence-corrected chi connectivity index (χ0v) is 11.0. The van der Waals surface area contributed by atoms with Crippen LogP contribution >= 0.6 is 0 Å². The lowest BCUT2D eigenvalue weighted by molar-refractivity contribution is -0.126. The van der Waals surface area contributed by atoms with Gasteiger partial charge in [-0.05, 0) is 32.5 Å². The van der Waals surface area contributed by atoms with E-state index in [1.165, 1.54) is 0 Å². The van der Waals surface area contributed by atoms with Crippen molar-refractivity contribution in [2.45, 2.75) is 32.0 Å². The van der Waals surface area contributed by atoms with Crippen LogP contribution in [0.1, 0.15) is 19.1 Å². The summed E-state index contributed by atoms with van der Waals surface area (Å²) in [5, 5.41) is 6.12. The van der Waals surface area contributed by atoms with Gasteiger partial charge < -0.3 is 15.1 Å². The van der Waals surface area contributed by atoms with Crippen molar-refractivity contribution >= 4 is 5.91 Å². The molecule has 1 aliphatic rings. The summed E-state index contributed by atoms with van der Waals surface area (Å²) in [7, 11) is 1.87. The highest BCUT2D eigenvalue weighted by Crippen LogP contribution is 2.13. The number of nitrogens with zero attached hydrogens (tertiary/aromatic N) is 1.